The van der Waals surface area contributed by atoms with Crippen molar-refractivity contribution in [2.75, 3.05) is 38.1 Å². The summed E-state index contributed by atoms with van der Waals surface area (Å²) in [6, 6.07) is 15.3. The first-order valence-electron chi connectivity index (χ1n) is 27.8. The van der Waals surface area contributed by atoms with E-state index < -0.39 is 102 Å². The maximum Gasteiger partial charge on any atom is 0.410 e. The minimum absolute atomic E-state index is 0.0271. The second-order valence-electron chi connectivity index (χ2n) is 21.3. The number of hydrogen-bond donors (Lipinski definition) is 6. The molecule has 0 bridgehead atoms. The normalized spacial score (nSPS) is 18.1. The average molecular weight is 1170 g/mol. The molecule has 24 nitrogen and oxygen atoms in total. The number of anilines is 1. The lowest BCUT2D eigenvalue weighted by Crippen LogP contribution is -2.50. The maximum absolute atomic E-state index is 15.4. The Morgan fingerprint density at radius 1 is 0.859 bits per heavy atom. The molecule has 2 aromatic heterocycles. The van der Waals surface area contributed by atoms with Gasteiger partial charge in [0.05, 0.1) is 48.1 Å². The summed E-state index contributed by atoms with van der Waals surface area (Å²) in [5.74, 6) is -5.99. The highest BCUT2D eigenvalue weighted by atomic mass is 19.1. The number of pyridine rings is 2. The smallest absolute Gasteiger partial charge is 0.410 e. The van der Waals surface area contributed by atoms with Gasteiger partial charge in [0.25, 0.3) is 23.3 Å². The van der Waals surface area contributed by atoms with E-state index in [2.05, 4.69) is 26.6 Å². The zero-order chi connectivity index (χ0) is 60.3. The second kappa shape index (κ2) is 24.7. The number of halogens is 1. The maximum atomic E-state index is 15.4. The molecule has 8 amide bonds. The van der Waals surface area contributed by atoms with Crippen LogP contribution in [0.5, 0.6) is 0 Å². The number of nitrogens with one attached hydrogen (secondary N) is 5. The van der Waals surface area contributed by atoms with E-state index in [0.717, 1.165) is 10.5 Å². The molecule has 25 heteroatoms. The number of hydrogen-bond acceptors (Lipinski definition) is 16. The van der Waals surface area contributed by atoms with Crippen molar-refractivity contribution in [1.82, 2.24) is 40.6 Å². The largest absolute Gasteiger partial charge is 0.458 e. The number of cyclic esters (lactones) is 1. The Kier molecular flexibility index (Phi) is 17.0. The molecule has 1 fully saturated rings. The Hall–Kier alpha value is -9.65. The molecule has 442 valence electrons. The molecule has 0 spiro atoms. The molecule has 10 rings (SSSR count). The number of aryl methyl sites for hydroxylation is 1. The predicted molar refractivity (Wildman–Crippen MR) is 298 cm³/mol. The van der Waals surface area contributed by atoms with Gasteiger partial charge in [-0.05, 0) is 85.0 Å². The van der Waals surface area contributed by atoms with Crippen LogP contribution in [-0.4, -0.2) is 129 Å². The fourth-order valence-electron chi connectivity index (χ4n) is 11.1. The Morgan fingerprint density at radius 3 is 2.35 bits per heavy atom. The van der Waals surface area contributed by atoms with Crippen LogP contribution in [0.15, 0.2) is 83.7 Å². The SMILES string of the molecule is CC[C@@]1(O)C(=O)OCc2c1cc1n(c2=O)Cc2c-1nc1cc(F)c(C)c3c1c2C(NC(=O)[C@@H]1CN1C(=O)OCc1ccc(NC(=O)CNC(=O)[C@H](Cc2ccccc2)NC(=O)COC(=O)CNC(=O)CCCCCN2C(=O)C=CC2=O)cc1)CC3. The molecule has 6 heterocycles. The van der Waals surface area contributed by atoms with E-state index in [9.17, 15) is 57.8 Å². The number of benzene rings is 3. The summed E-state index contributed by atoms with van der Waals surface area (Å²) < 4.78 is 32.7. The van der Waals surface area contributed by atoms with Gasteiger partial charge in [0.15, 0.2) is 12.2 Å². The van der Waals surface area contributed by atoms with Crippen LogP contribution in [0, 0.1) is 12.7 Å². The number of fused-ring (bicyclic) bond motifs is 5. The average Bonchev–Trinajstić information content (AvgIpc) is 1.71. The van der Waals surface area contributed by atoms with Gasteiger partial charge in [0.2, 0.25) is 23.6 Å². The van der Waals surface area contributed by atoms with Crippen LogP contribution >= 0.6 is 0 Å². The van der Waals surface area contributed by atoms with Crippen molar-refractivity contribution in [3.8, 4) is 11.4 Å². The minimum atomic E-state index is -2.05. The molecule has 4 aliphatic heterocycles. The summed E-state index contributed by atoms with van der Waals surface area (Å²) in [6.07, 6.45) is 4.01. The molecular weight excluding hydrogens is 1110 g/mol. The first kappa shape index (κ1) is 58.5. The van der Waals surface area contributed by atoms with Gasteiger partial charge in [0, 0.05) is 59.8 Å². The molecular formula is C60H60FN9O15. The molecule has 5 aliphatic rings. The monoisotopic (exact) mass is 1170 g/mol. The highest BCUT2D eigenvalue weighted by Crippen LogP contribution is 2.46. The number of carbonyl (C=O) groups excluding carboxylic acids is 10. The van der Waals surface area contributed by atoms with Crippen LogP contribution in [0.2, 0.25) is 0 Å². The highest BCUT2D eigenvalue weighted by molar-refractivity contribution is 6.13. The predicted octanol–water partition coefficient (Wildman–Crippen LogP) is 2.58. The van der Waals surface area contributed by atoms with Crippen molar-refractivity contribution in [3.05, 3.63) is 140 Å². The van der Waals surface area contributed by atoms with Gasteiger partial charge in [-0.1, -0.05) is 55.8 Å². The third-order valence-electron chi connectivity index (χ3n) is 15.8. The first-order valence-corrected chi connectivity index (χ1v) is 27.8. The van der Waals surface area contributed by atoms with Crippen molar-refractivity contribution in [2.45, 2.75) is 109 Å². The topological polar surface area (TPSA) is 320 Å². The number of rotatable bonds is 22. The van der Waals surface area contributed by atoms with E-state index in [1.165, 1.54) is 27.7 Å². The van der Waals surface area contributed by atoms with E-state index in [4.69, 9.17) is 19.2 Å². The summed E-state index contributed by atoms with van der Waals surface area (Å²) in [4.78, 5) is 148. The third-order valence-corrected chi connectivity index (χ3v) is 15.8. The van der Waals surface area contributed by atoms with Gasteiger partial charge in [-0.3, -0.25) is 53.0 Å². The van der Waals surface area contributed by atoms with E-state index in [1.807, 2.05) is 0 Å². The molecule has 4 atom stereocenters. The van der Waals surface area contributed by atoms with Gasteiger partial charge in [-0.2, -0.15) is 0 Å². The summed E-state index contributed by atoms with van der Waals surface area (Å²) in [5, 5.41) is 25.3. The molecule has 1 aliphatic carbocycles. The lowest BCUT2D eigenvalue weighted by Gasteiger charge is -2.31. The van der Waals surface area contributed by atoms with Crippen molar-refractivity contribution in [1.29, 1.82) is 0 Å². The zero-order valence-electron chi connectivity index (χ0n) is 46.4. The first-order chi connectivity index (χ1) is 40.8. The van der Waals surface area contributed by atoms with Gasteiger partial charge in [-0.15, -0.1) is 0 Å². The van der Waals surface area contributed by atoms with Crippen molar-refractivity contribution in [2.24, 2.45) is 0 Å². The minimum Gasteiger partial charge on any atom is -0.458 e. The Balaban J connectivity index is 0.677. The number of esters is 2. The summed E-state index contributed by atoms with van der Waals surface area (Å²) in [5.41, 5.74) is 2.82. The lowest BCUT2D eigenvalue weighted by atomic mass is 9.81. The summed E-state index contributed by atoms with van der Waals surface area (Å²) in [7, 11) is 0. The molecule has 0 radical (unpaired) electrons. The zero-order valence-corrected chi connectivity index (χ0v) is 46.4. The number of imide groups is 1. The fourth-order valence-corrected chi connectivity index (χ4v) is 11.1. The number of amides is 8. The van der Waals surface area contributed by atoms with E-state index >= 15 is 4.39 Å². The van der Waals surface area contributed by atoms with Gasteiger partial charge in [-0.25, -0.2) is 19.0 Å². The van der Waals surface area contributed by atoms with Gasteiger partial charge >= 0.3 is 18.0 Å². The van der Waals surface area contributed by atoms with Crippen LogP contribution < -0.4 is 32.1 Å². The number of unbranched alkanes of at least 4 members (excludes halogenated alkanes) is 2. The molecule has 5 aromatic rings. The Bertz CT molecular complexity index is 3680. The summed E-state index contributed by atoms with van der Waals surface area (Å²) in [6.45, 7) is 1.41. The van der Waals surface area contributed by atoms with Crippen molar-refractivity contribution < 1.29 is 71.7 Å². The van der Waals surface area contributed by atoms with Crippen LogP contribution in [0.1, 0.15) is 96.0 Å². The molecule has 6 N–H and O–H groups in total. The number of aromatic nitrogens is 2. The number of nitrogens with zero attached hydrogens (tertiary/aromatic N) is 4. The van der Waals surface area contributed by atoms with Gasteiger partial charge in [0.1, 0.15) is 37.7 Å². The highest BCUT2D eigenvalue weighted by Gasteiger charge is 2.48. The standard InChI is InChI=1S/C60H60FN9O15/c1-3-60(82)39-23-44-54-37(27-69(44)57(79)38(39)30-84-58(60)80)53-41(18-17-36-32(2)40(61)24-42(66-54)52(36)53)67-56(78)45-28-70(45)59(81)85-29-34-13-15-35(16-14-34)64-47(72)25-63-55(77)43(22-33-10-6-4-7-11-33)65-48(73)31-83-51(76)26-62-46(71)12-8-5-9-21-68-49(74)19-20-50(68)75/h4,6-7,10-11,13-16,19-20,23-24,41,43,45,82H,3,5,8-9,12,17-18,21-22,25-31H2,1-2H3,(H,62,71)(H,63,77)(H,64,72)(H,65,73)(H,67,78)/t41?,43-,45-,60-,70?/m0/s1. The van der Waals surface area contributed by atoms with E-state index in [1.54, 1.807) is 74.5 Å². The van der Waals surface area contributed by atoms with Crippen LogP contribution in [-0.2, 0) is 95.6 Å². The number of ether oxygens (including phenoxy) is 3. The van der Waals surface area contributed by atoms with Crippen molar-refractivity contribution in [3.63, 3.8) is 0 Å². The Labute approximate surface area is 484 Å². The number of aliphatic hydroxyl groups is 1. The third kappa shape index (κ3) is 12.5. The lowest BCUT2D eigenvalue weighted by molar-refractivity contribution is -0.172. The fraction of sp³-hybridized carbons (Fsp3) is 0.367. The van der Waals surface area contributed by atoms with Gasteiger partial charge < -0.3 is 50.5 Å². The van der Waals surface area contributed by atoms with Crippen LogP contribution in [0.3, 0.4) is 0 Å². The van der Waals surface area contributed by atoms with Crippen LogP contribution in [0.25, 0.3) is 22.3 Å². The molecule has 1 unspecified atom stereocenters. The Morgan fingerprint density at radius 2 is 1.61 bits per heavy atom. The summed E-state index contributed by atoms with van der Waals surface area (Å²) >= 11 is 0. The molecule has 3 aromatic carbocycles. The van der Waals surface area contributed by atoms with E-state index in [0.29, 0.717) is 87.9 Å². The quantitative estimate of drug-likeness (QED) is 0.0187. The molecule has 0 saturated carbocycles. The number of carbonyl (C=O) groups is 10. The van der Waals surface area contributed by atoms with E-state index in [-0.39, 0.29) is 75.1 Å². The molecule has 85 heavy (non-hydrogen) atoms. The second-order valence-corrected chi connectivity index (χ2v) is 21.3. The van der Waals surface area contributed by atoms with Crippen LogP contribution in [0.4, 0.5) is 14.9 Å². The molecule has 1 saturated heterocycles. The van der Waals surface area contributed by atoms with Crippen molar-refractivity contribution >= 4 is 76.0 Å².